The molecule has 1 amide bonds. The molecule has 2 aromatic rings. The third kappa shape index (κ3) is 3.52. The van der Waals surface area contributed by atoms with Crippen molar-refractivity contribution in [2.45, 2.75) is 13.0 Å². The van der Waals surface area contributed by atoms with Gasteiger partial charge in [0.2, 0.25) is 0 Å². The fraction of sp³-hybridized carbons (Fsp3) is 0.188. The van der Waals surface area contributed by atoms with Crippen molar-refractivity contribution in [1.29, 1.82) is 0 Å². The summed E-state index contributed by atoms with van der Waals surface area (Å²) in [6, 6.07) is 10.9. The molecule has 0 saturated heterocycles. The number of nitrogens with one attached hydrogen (secondary N) is 1. The number of benzene rings is 2. The molecule has 0 aromatic heterocycles. The third-order valence-electron chi connectivity index (χ3n) is 3.13. The fourth-order valence-electron chi connectivity index (χ4n) is 2.05. The van der Waals surface area contributed by atoms with Gasteiger partial charge in [0.05, 0.1) is 18.7 Å². The van der Waals surface area contributed by atoms with Gasteiger partial charge in [0.1, 0.15) is 11.6 Å². The predicted octanol–water partition coefficient (Wildman–Crippen LogP) is 3.98. The van der Waals surface area contributed by atoms with E-state index in [0.717, 1.165) is 5.56 Å². The van der Waals surface area contributed by atoms with E-state index in [1.54, 1.807) is 20.1 Å². The van der Waals surface area contributed by atoms with Gasteiger partial charge in [-0.3, -0.25) is 4.79 Å². The van der Waals surface area contributed by atoms with Crippen molar-refractivity contribution in [2.24, 2.45) is 0 Å². The van der Waals surface area contributed by atoms with Crippen LogP contribution in [0.5, 0.6) is 5.75 Å². The quantitative estimate of drug-likeness (QED) is 0.928. The SMILES string of the molecule is COc1ccccc1C(C)NC(=O)c1cc(Cl)ccc1F. The average molecular weight is 308 g/mol. The molecule has 0 fully saturated rings. The van der Waals surface area contributed by atoms with Crippen LogP contribution < -0.4 is 10.1 Å². The first-order valence-electron chi connectivity index (χ1n) is 6.41. The lowest BCUT2D eigenvalue weighted by molar-refractivity contribution is 0.0935. The van der Waals surface area contributed by atoms with Crippen LogP contribution >= 0.6 is 11.6 Å². The van der Waals surface area contributed by atoms with Crippen molar-refractivity contribution >= 4 is 17.5 Å². The Bertz CT molecular complexity index is 660. The maximum Gasteiger partial charge on any atom is 0.254 e. The van der Waals surface area contributed by atoms with Crippen molar-refractivity contribution in [3.05, 3.63) is 64.4 Å². The fourth-order valence-corrected chi connectivity index (χ4v) is 2.22. The molecule has 21 heavy (non-hydrogen) atoms. The summed E-state index contributed by atoms with van der Waals surface area (Å²) in [6.07, 6.45) is 0. The van der Waals surface area contributed by atoms with Gasteiger partial charge in [0.25, 0.3) is 5.91 Å². The van der Waals surface area contributed by atoms with E-state index in [1.165, 1.54) is 18.2 Å². The lowest BCUT2D eigenvalue weighted by Crippen LogP contribution is -2.27. The number of halogens is 2. The van der Waals surface area contributed by atoms with Crippen LogP contribution in [0.15, 0.2) is 42.5 Å². The molecule has 1 atom stereocenters. The Balaban J connectivity index is 2.21. The minimum atomic E-state index is -0.607. The number of hydrogen-bond donors (Lipinski definition) is 1. The highest BCUT2D eigenvalue weighted by Crippen LogP contribution is 2.25. The van der Waals surface area contributed by atoms with E-state index in [-0.39, 0.29) is 11.6 Å². The Hall–Kier alpha value is -2.07. The summed E-state index contributed by atoms with van der Waals surface area (Å²) in [7, 11) is 1.56. The van der Waals surface area contributed by atoms with Gasteiger partial charge >= 0.3 is 0 Å². The van der Waals surface area contributed by atoms with Gasteiger partial charge in [-0.2, -0.15) is 0 Å². The molecule has 0 heterocycles. The molecule has 0 aliphatic heterocycles. The summed E-state index contributed by atoms with van der Waals surface area (Å²) in [6.45, 7) is 1.80. The monoisotopic (exact) mass is 307 g/mol. The van der Waals surface area contributed by atoms with Gasteiger partial charge in [-0.25, -0.2) is 4.39 Å². The average Bonchev–Trinajstić information content (AvgIpc) is 2.49. The Morgan fingerprint density at radius 1 is 1.29 bits per heavy atom. The molecule has 110 valence electrons. The van der Waals surface area contributed by atoms with E-state index in [4.69, 9.17) is 16.3 Å². The van der Waals surface area contributed by atoms with Gasteiger partial charge in [0, 0.05) is 10.6 Å². The van der Waals surface area contributed by atoms with Crippen molar-refractivity contribution in [3.8, 4) is 5.75 Å². The first-order valence-corrected chi connectivity index (χ1v) is 6.79. The Morgan fingerprint density at radius 2 is 2.00 bits per heavy atom. The molecular weight excluding hydrogens is 293 g/mol. The lowest BCUT2D eigenvalue weighted by atomic mass is 10.1. The number of carbonyl (C=O) groups excluding carboxylic acids is 1. The largest absolute Gasteiger partial charge is 0.496 e. The van der Waals surface area contributed by atoms with Crippen LogP contribution in [0.1, 0.15) is 28.9 Å². The van der Waals surface area contributed by atoms with Crippen LogP contribution in [0.2, 0.25) is 5.02 Å². The minimum Gasteiger partial charge on any atom is -0.496 e. The van der Waals surface area contributed by atoms with E-state index in [9.17, 15) is 9.18 Å². The van der Waals surface area contributed by atoms with Crippen LogP contribution in [0, 0.1) is 5.82 Å². The van der Waals surface area contributed by atoms with Crippen LogP contribution in [0.4, 0.5) is 4.39 Å². The van der Waals surface area contributed by atoms with Crippen LogP contribution in [0.25, 0.3) is 0 Å². The number of rotatable bonds is 4. The summed E-state index contributed by atoms with van der Waals surface area (Å²) in [4.78, 5) is 12.2. The molecule has 2 aromatic carbocycles. The van der Waals surface area contributed by atoms with Gasteiger partial charge in [0.15, 0.2) is 0 Å². The Labute approximate surface area is 127 Å². The van der Waals surface area contributed by atoms with Crippen molar-refractivity contribution in [1.82, 2.24) is 5.32 Å². The number of hydrogen-bond acceptors (Lipinski definition) is 2. The molecule has 0 aliphatic rings. The molecule has 5 heteroatoms. The number of para-hydroxylation sites is 1. The molecule has 0 saturated carbocycles. The zero-order valence-electron chi connectivity index (χ0n) is 11.7. The Morgan fingerprint density at radius 3 is 2.71 bits per heavy atom. The lowest BCUT2D eigenvalue weighted by Gasteiger charge is -2.17. The summed E-state index contributed by atoms with van der Waals surface area (Å²) >= 11 is 5.80. The molecule has 3 nitrogen and oxygen atoms in total. The van der Waals surface area contributed by atoms with Gasteiger partial charge in [-0.05, 0) is 31.2 Å². The van der Waals surface area contributed by atoms with Crippen LogP contribution in [0.3, 0.4) is 0 Å². The molecule has 0 bridgehead atoms. The van der Waals surface area contributed by atoms with E-state index in [1.807, 2.05) is 18.2 Å². The third-order valence-corrected chi connectivity index (χ3v) is 3.36. The highest BCUT2D eigenvalue weighted by Gasteiger charge is 2.17. The van der Waals surface area contributed by atoms with Crippen molar-refractivity contribution in [2.75, 3.05) is 7.11 Å². The molecule has 0 aliphatic carbocycles. The number of amides is 1. The first-order chi connectivity index (χ1) is 10.0. The highest BCUT2D eigenvalue weighted by atomic mass is 35.5. The van der Waals surface area contributed by atoms with Gasteiger partial charge in [-0.15, -0.1) is 0 Å². The number of carbonyl (C=O) groups is 1. The Kier molecular flexibility index (Phi) is 4.81. The molecule has 0 radical (unpaired) electrons. The molecular formula is C16H15ClFNO2. The highest BCUT2D eigenvalue weighted by molar-refractivity contribution is 6.31. The minimum absolute atomic E-state index is 0.0794. The second-order valence-electron chi connectivity index (χ2n) is 4.56. The second-order valence-corrected chi connectivity index (χ2v) is 5.00. The standard InChI is InChI=1S/C16H15ClFNO2/c1-10(12-5-3-4-6-15(12)21-2)19-16(20)13-9-11(17)7-8-14(13)18/h3-10H,1-2H3,(H,19,20). The van der Waals surface area contributed by atoms with Gasteiger partial charge < -0.3 is 10.1 Å². The summed E-state index contributed by atoms with van der Waals surface area (Å²) < 4.78 is 18.9. The van der Waals surface area contributed by atoms with Crippen LogP contribution in [-0.4, -0.2) is 13.0 Å². The maximum absolute atomic E-state index is 13.7. The molecule has 2 rings (SSSR count). The zero-order valence-corrected chi connectivity index (χ0v) is 12.4. The zero-order chi connectivity index (χ0) is 15.4. The molecule has 0 spiro atoms. The summed E-state index contributed by atoms with van der Waals surface area (Å²) in [5, 5.41) is 3.05. The number of methoxy groups -OCH3 is 1. The van der Waals surface area contributed by atoms with E-state index in [2.05, 4.69) is 5.32 Å². The van der Waals surface area contributed by atoms with E-state index < -0.39 is 11.7 Å². The normalized spacial score (nSPS) is 11.8. The topological polar surface area (TPSA) is 38.3 Å². The summed E-state index contributed by atoms with van der Waals surface area (Å²) in [5.74, 6) is -0.464. The predicted molar refractivity (Wildman–Crippen MR) is 80.3 cm³/mol. The first kappa shape index (κ1) is 15.3. The number of ether oxygens (including phenoxy) is 1. The van der Waals surface area contributed by atoms with E-state index >= 15 is 0 Å². The van der Waals surface area contributed by atoms with Crippen LogP contribution in [-0.2, 0) is 0 Å². The molecule has 1 unspecified atom stereocenters. The summed E-state index contributed by atoms with van der Waals surface area (Å²) in [5.41, 5.74) is 0.736. The van der Waals surface area contributed by atoms with Gasteiger partial charge in [-0.1, -0.05) is 29.8 Å². The molecule has 1 N–H and O–H groups in total. The maximum atomic E-state index is 13.7. The van der Waals surface area contributed by atoms with Crippen molar-refractivity contribution < 1.29 is 13.9 Å². The van der Waals surface area contributed by atoms with E-state index in [0.29, 0.717) is 10.8 Å². The smallest absolute Gasteiger partial charge is 0.254 e. The van der Waals surface area contributed by atoms with Crippen molar-refractivity contribution in [3.63, 3.8) is 0 Å². The second kappa shape index (κ2) is 6.59.